The number of benzene rings is 2. The summed E-state index contributed by atoms with van der Waals surface area (Å²) in [5.74, 6) is 1.23. The molecule has 0 fully saturated rings. The van der Waals surface area contributed by atoms with Crippen molar-refractivity contribution >= 4 is 29.2 Å². The summed E-state index contributed by atoms with van der Waals surface area (Å²) in [5, 5.41) is 14.4. The first-order valence-electron chi connectivity index (χ1n) is 7.57. The van der Waals surface area contributed by atoms with Gasteiger partial charge in [-0.2, -0.15) is 0 Å². The van der Waals surface area contributed by atoms with Crippen LogP contribution in [0.5, 0.6) is 11.5 Å². The molecule has 5 nitrogen and oxygen atoms in total. The number of hydrogen-bond acceptors (Lipinski definition) is 4. The summed E-state index contributed by atoms with van der Waals surface area (Å²) in [5.41, 5.74) is 2.54. The minimum absolute atomic E-state index is 0.122. The van der Waals surface area contributed by atoms with E-state index in [-0.39, 0.29) is 5.75 Å². The van der Waals surface area contributed by atoms with Gasteiger partial charge in [-0.15, -0.1) is 0 Å². The van der Waals surface area contributed by atoms with Gasteiger partial charge in [0.05, 0.1) is 29.0 Å². The number of methoxy groups -OCH3 is 1. The number of anilines is 1. The highest BCUT2D eigenvalue weighted by Gasteiger charge is 2.12. The topological polar surface area (TPSA) is 59.3 Å². The van der Waals surface area contributed by atoms with Crippen LogP contribution in [0.4, 0.5) is 5.95 Å². The molecule has 7 heteroatoms. The van der Waals surface area contributed by atoms with E-state index in [1.54, 1.807) is 24.4 Å². The molecule has 0 unspecified atom stereocenters. The fourth-order valence-corrected chi connectivity index (χ4v) is 2.84. The first-order chi connectivity index (χ1) is 12.0. The average molecular weight is 378 g/mol. The molecule has 0 aliphatic heterocycles. The molecule has 130 valence electrons. The number of hydrogen-bond donors (Lipinski definition) is 2. The quantitative estimate of drug-likeness (QED) is 0.675. The van der Waals surface area contributed by atoms with Crippen LogP contribution in [0.2, 0.25) is 10.0 Å². The van der Waals surface area contributed by atoms with Crippen LogP contribution in [0.3, 0.4) is 0 Å². The van der Waals surface area contributed by atoms with Gasteiger partial charge in [-0.1, -0.05) is 41.4 Å². The number of phenols is 1. The molecule has 3 aromatic rings. The van der Waals surface area contributed by atoms with Gasteiger partial charge in [0, 0.05) is 24.7 Å². The zero-order chi connectivity index (χ0) is 18.0. The van der Waals surface area contributed by atoms with Crippen molar-refractivity contribution in [3.63, 3.8) is 0 Å². The molecule has 1 aromatic heterocycles. The lowest BCUT2D eigenvalue weighted by atomic mass is 10.2. The Balaban J connectivity index is 1.81. The fraction of sp³-hybridized carbons (Fsp3) is 0.167. The second-order valence-electron chi connectivity index (χ2n) is 5.48. The van der Waals surface area contributed by atoms with Crippen molar-refractivity contribution in [3.05, 3.63) is 58.2 Å². The molecular formula is C18H17Cl2N3O2. The van der Waals surface area contributed by atoms with Crippen molar-refractivity contribution in [2.24, 2.45) is 7.05 Å². The Morgan fingerprint density at radius 2 is 2.00 bits per heavy atom. The normalized spacial score (nSPS) is 10.7. The Labute approximate surface area is 155 Å². The lowest BCUT2D eigenvalue weighted by Gasteiger charge is -2.11. The number of aromatic nitrogens is 2. The van der Waals surface area contributed by atoms with Gasteiger partial charge in [0.15, 0.2) is 11.5 Å². The summed E-state index contributed by atoms with van der Waals surface area (Å²) in [4.78, 5) is 4.39. The third-order valence-corrected chi connectivity index (χ3v) is 4.68. The van der Waals surface area contributed by atoms with Crippen LogP contribution in [-0.2, 0) is 13.6 Å². The zero-order valence-electron chi connectivity index (χ0n) is 13.8. The summed E-state index contributed by atoms with van der Waals surface area (Å²) >= 11 is 12.1. The van der Waals surface area contributed by atoms with Crippen molar-refractivity contribution in [3.8, 4) is 22.8 Å². The Morgan fingerprint density at radius 1 is 1.20 bits per heavy atom. The first-order valence-corrected chi connectivity index (χ1v) is 8.32. The predicted octanol–water partition coefficient (Wildman–Crippen LogP) is 4.72. The number of halogens is 2. The van der Waals surface area contributed by atoms with Crippen LogP contribution in [0, 0.1) is 0 Å². The Hall–Kier alpha value is -2.37. The monoisotopic (exact) mass is 377 g/mol. The highest BCUT2D eigenvalue weighted by Crippen LogP contribution is 2.31. The van der Waals surface area contributed by atoms with Gasteiger partial charge < -0.3 is 19.7 Å². The van der Waals surface area contributed by atoms with Gasteiger partial charge in [0.2, 0.25) is 5.95 Å². The van der Waals surface area contributed by atoms with Gasteiger partial charge in [0.1, 0.15) is 0 Å². The molecular weight excluding hydrogens is 361 g/mol. The molecule has 0 amide bonds. The van der Waals surface area contributed by atoms with Gasteiger partial charge >= 0.3 is 0 Å². The summed E-state index contributed by atoms with van der Waals surface area (Å²) < 4.78 is 7.04. The molecule has 3 rings (SSSR count). The lowest BCUT2D eigenvalue weighted by Crippen LogP contribution is -2.06. The average Bonchev–Trinajstić information content (AvgIpc) is 2.97. The standard InChI is InChI=1S/C18H17Cl2N3O2/c1-23-15(11-6-7-13(19)14(20)8-11)10-22-18(23)21-9-12-4-3-5-16(25-2)17(12)24/h3-8,10,24H,9H2,1-2H3,(H,21,22). The molecule has 0 bridgehead atoms. The van der Waals surface area contributed by atoms with Crippen LogP contribution >= 0.6 is 23.2 Å². The van der Waals surface area contributed by atoms with E-state index >= 15 is 0 Å². The zero-order valence-corrected chi connectivity index (χ0v) is 15.3. The van der Waals surface area contributed by atoms with Crippen LogP contribution < -0.4 is 10.1 Å². The third kappa shape index (κ3) is 3.52. The number of ether oxygens (including phenoxy) is 1. The van der Waals surface area contributed by atoms with E-state index in [1.165, 1.54) is 7.11 Å². The predicted molar refractivity (Wildman–Crippen MR) is 101 cm³/mol. The van der Waals surface area contributed by atoms with Gasteiger partial charge in [-0.25, -0.2) is 4.98 Å². The number of rotatable bonds is 5. The van der Waals surface area contributed by atoms with Crippen molar-refractivity contribution < 1.29 is 9.84 Å². The maximum atomic E-state index is 10.2. The van der Waals surface area contributed by atoms with Gasteiger partial charge in [-0.3, -0.25) is 0 Å². The first kappa shape index (κ1) is 17.5. The second kappa shape index (κ2) is 7.25. The van der Waals surface area contributed by atoms with Crippen LogP contribution in [0.25, 0.3) is 11.3 Å². The largest absolute Gasteiger partial charge is 0.504 e. The minimum atomic E-state index is 0.122. The van der Waals surface area contributed by atoms with Gasteiger partial charge in [-0.05, 0) is 18.2 Å². The van der Waals surface area contributed by atoms with E-state index in [4.69, 9.17) is 27.9 Å². The van der Waals surface area contributed by atoms with Crippen molar-refractivity contribution in [2.75, 3.05) is 12.4 Å². The number of phenolic OH excluding ortho intramolecular Hbond substituents is 1. The van der Waals surface area contributed by atoms with Crippen LogP contribution in [0.1, 0.15) is 5.56 Å². The van der Waals surface area contributed by atoms with Gasteiger partial charge in [0.25, 0.3) is 0 Å². The van der Waals surface area contributed by atoms with E-state index in [9.17, 15) is 5.11 Å². The number of nitrogens with zero attached hydrogens (tertiary/aromatic N) is 2. The summed E-state index contributed by atoms with van der Waals surface area (Å²) in [7, 11) is 3.42. The summed E-state index contributed by atoms with van der Waals surface area (Å²) in [6.45, 7) is 0.411. The number of imidazole rings is 1. The molecule has 25 heavy (non-hydrogen) atoms. The highest BCUT2D eigenvalue weighted by atomic mass is 35.5. The van der Waals surface area contributed by atoms with E-state index in [0.29, 0.717) is 28.3 Å². The number of aromatic hydroxyl groups is 1. The van der Waals surface area contributed by atoms with Crippen molar-refractivity contribution in [2.45, 2.75) is 6.54 Å². The maximum absolute atomic E-state index is 10.2. The SMILES string of the molecule is COc1cccc(CNc2ncc(-c3ccc(Cl)c(Cl)c3)n2C)c1O. The second-order valence-corrected chi connectivity index (χ2v) is 6.29. The highest BCUT2D eigenvalue weighted by molar-refractivity contribution is 6.42. The molecule has 0 atom stereocenters. The molecule has 0 radical (unpaired) electrons. The van der Waals surface area contributed by atoms with Crippen molar-refractivity contribution in [1.29, 1.82) is 0 Å². The van der Waals surface area contributed by atoms with Crippen molar-refractivity contribution in [1.82, 2.24) is 9.55 Å². The fourth-order valence-electron chi connectivity index (χ4n) is 2.55. The molecule has 0 saturated carbocycles. The number of nitrogens with one attached hydrogen (secondary N) is 1. The van der Waals surface area contributed by atoms with E-state index in [1.807, 2.05) is 29.8 Å². The summed E-state index contributed by atoms with van der Waals surface area (Å²) in [6, 6.07) is 10.8. The molecule has 0 aliphatic rings. The third-order valence-electron chi connectivity index (χ3n) is 3.94. The number of para-hydroxylation sites is 1. The summed E-state index contributed by atoms with van der Waals surface area (Å²) in [6.07, 6.45) is 1.76. The molecule has 0 spiro atoms. The van der Waals surface area contributed by atoms with E-state index in [0.717, 1.165) is 16.8 Å². The van der Waals surface area contributed by atoms with Crippen LogP contribution in [-0.4, -0.2) is 21.8 Å². The maximum Gasteiger partial charge on any atom is 0.203 e. The smallest absolute Gasteiger partial charge is 0.203 e. The molecule has 0 saturated heterocycles. The Bertz CT molecular complexity index is 909. The van der Waals surface area contributed by atoms with Crippen LogP contribution in [0.15, 0.2) is 42.6 Å². The Morgan fingerprint density at radius 3 is 2.72 bits per heavy atom. The minimum Gasteiger partial charge on any atom is -0.504 e. The lowest BCUT2D eigenvalue weighted by molar-refractivity contribution is 0.371. The molecule has 1 heterocycles. The van der Waals surface area contributed by atoms with E-state index in [2.05, 4.69) is 10.3 Å². The molecule has 2 aromatic carbocycles. The Kier molecular flexibility index (Phi) is 5.06. The molecule has 2 N–H and O–H groups in total. The molecule has 0 aliphatic carbocycles. The van der Waals surface area contributed by atoms with E-state index < -0.39 is 0 Å².